The van der Waals surface area contributed by atoms with Gasteiger partial charge in [-0.05, 0) is 76.3 Å². The molecular weight excluding hydrogens is 436 g/mol. The maximum absolute atomic E-state index is 4.18. The maximum Gasteiger partial charge on any atom is 0.0204 e. The first-order chi connectivity index (χ1) is 17.7. The van der Waals surface area contributed by atoms with E-state index in [0.29, 0.717) is 11.1 Å². The van der Waals surface area contributed by atoms with E-state index in [4.69, 9.17) is 0 Å². The van der Waals surface area contributed by atoms with Crippen molar-refractivity contribution in [2.45, 2.75) is 192 Å². The summed E-state index contributed by atoms with van der Waals surface area (Å²) in [7, 11) is 0. The van der Waals surface area contributed by atoms with Crippen LogP contribution in [-0.2, 0) is 0 Å². The van der Waals surface area contributed by atoms with Crippen molar-refractivity contribution < 1.29 is 0 Å². The zero-order valence-corrected chi connectivity index (χ0v) is 25.0. The lowest BCUT2D eigenvalue weighted by molar-refractivity contribution is -0.0518. The fourth-order valence-corrected chi connectivity index (χ4v) is 8.61. The zero-order valence-electron chi connectivity index (χ0n) is 25.0. The third kappa shape index (κ3) is 11.0. The minimum Gasteiger partial charge on any atom is -0.311 e. The van der Waals surface area contributed by atoms with Gasteiger partial charge >= 0.3 is 0 Å². The molecule has 2 N–H and O–H groups in total. The van der Waals surface area contributed by atoms with Crippen molar-refractivity contribution in [3.63, 3.8) is 0 Å². The molecule has 0 aromatic heterocycles. The molecule has 4 aliphatic rings. The van der Waals surface area contributed by atoms with E-state index in [1.54, 1.807) is 0 Å². The molecule has 4 bridgehead atoms. The summed E-state index contributed by atoms with van der Waals surface area (Å²) in [5, 5.41) is 8.36. The van der Waals surface area contributed by atoms with Crippen molar-refractivity contribution in [1.29, 1.82) is 0 Å². The van der Waals surface area contributed by atoms with Gasteiger partial charge in [0, 0.05) is 11.1 Å². The summed E-state index contributed by atoms with van der Waals surface area (Å²) in [6.45, 7) is 7.16. The highest BCUT2D eigenvalue weighted by Gasteiger charge is 2.57. The van der Waals surface area contributed by atoms with E-state index in [2.05, 4.69) is 24.5 Å². The van der Waals surface area contributed by atoms with Crippen LogP contribution in [0.15, 0.2) is 0 Å². The van der Waals surface area contributed by atoms with Gasteiger partial charge in [-0.15, -0.1) is 0 Å². The Kier molecular flexibility index (Phi) is 14.8. The van der Waals surface area contributed by atoms with Crippen molar-refractivity contribution in [2.75, 3.05) is 13.1 Å². The van der Waals surface area contributed by atoms with Gasteiger partial charge in [-0.25, -0.2) is 0 Å². The van der Waals surface area contributed by atoms with E-state index in [0.717, 1.165) is 11.8 Å². The Labute approximate surface area is 227 Å². The summed E-state index contributed by atoms with van der Waals surface area (Å²) in [4.78, 5) is 0. The molecular formula is C34H66N2. The van der Waals surface area contributed by atoms with Crippen LogP contribution in [0.4, 0.5) is 0 Å². The number of hydrogen-bond donors (Lipinski definition) is 2. The fraction of sp³-hybridized carbons (Fsp3) is 1.00. The fourth-order valence-electron chi connectivity index (χ4n) is 8.61. The highest BCUT2D eigenvalue weighted by atomic mass is 15.1. The van der Waals surface area contributed by atoms with Gasteiger partial charge in [0.2, 0.25) is 0 Å². The summed E-state index contributed by atoms with van der Waals surface area (Å²) >= 11 is 0. The molecule has 4 fully saturated rings. The van der Waals surface area contributed by atoms with E-state index in [1.807, 2.05) is 0 Å². The Balaban J connectivity index is 1.23. The van der Waals surface area contributed by atoms with E-state index >= 15 is 0 Å². The lowest BCUT2D eigenvalue weighted by Crippen LogP contribution is -2.68. The van der Waals surface area contributed by atoms with Crippen LogP contribution in [0.1, 0.15) is 181 Å². The van der Waals surface area contributed by atoms with Crippen LogP contribution in [0.2, 0.25) is 0 Å². The lowest BCUT2D eigenvalue weighted by atomic mass is 9.50. The van der Waals surface area contributed by atoms with Gasteiger partial charge in [0.25, 0.3) is 0 Å². The maximum atomic E-state index is 4.18. The lowest BCUT2D eigenvalue weighted by Gasteiger charge is -2.62. The molecule has 0 aromatic carbocycles. The Morgan fingerprint density at radius 3 is 1.08 bits per heavy atom. The van der Waals surface area contributed by atoms with E-state index < -0.39 is 0 Å². The average molecular weight is 503 g/mol. The molecule has 2 heteroatoms. The molecule has 4 saturated carbocycles. The second-order valence-corrected chi connectivity index (χ2v) is 13.7. The van der Waals surface area contributed by atoms with E-state index in [-0.39, 0.29) is 0 Å². The molecule has 0 aromatic rings. The van der Waals surface area contributed by atoms with E-state index in [1.165, 1.54) is 180 Å². The normalized spacial score (nSPS) is 28.8. The topological polar surface area (TPSA) is 24.1 Å². The Morgan fingerprint density at radius 1 is 0.444 bits per heavy atom. The molecule has 212 valence electrons. The summed E-state index contributed by atoms with van der Waals surface area (Å²) in [6.07, 6.45) is 37.7. The highest BCUT2D eigenvalue weighted by molar-refractivity contribution is 5.15. The predicted molar refractivity (Wildman–Crippen MR) is 160 cm³/mol. The summed E-state index contributed by atoms with van der Waals surface area (Å²) < 4.78 is 0. The summed E-state index contributed by atoms with van der Waals surface area (Å²) in [6, 6.07) is 0. The molecule has 4 aliphatic carbocycles. The largest absolute Gasteiger partial charge is 0.311 e. The molecule has 0 saturated heterocycles. The Morgan fingerprint density at radius 2 is 0.750 bits per heavy atom. The molecule has 0 amide bonds. The van der Waals surface area contributed by atoms with Crippen molar-refractivity contribution >= 4 is 0 Å². The van der Waals surface area contributed by atoms with Crippen LogP contribution in [-0.4, -0.2) is 24.2 Å². The van der Waals surface area contributed by atoms with Crippen LogP contribution in [0.5, 0.6) is 0 Å². The molecule has 0 radical (unpaired) electrons. The highest BCUT2D eigenvalue weighted by Crippen LogP contribution is 2.57. The molecule has 2 nitrogen and oxygen atoms in total. The third-order valence-corrected chi connectivity index (χ3v) is 10.1. The van der Waals surface area contributed by atoms with Crippen LogP contribution in [0.25, 0.3) is 0 Å². The molecule has 36 heavy (non-hydrogen) atoms. The summed E-state index contributed by atoms with van der Waals surface area (Å²) in [5.41, 5.74) is 0.961. The van der Waals surface area contributed by atoms with Gasteiger partial charge in [-0.3, -0.25) is 0 Å². The molecule has 4 rings (SSSR count). The molecule has 0 heterocycles. The van der Waals surface area contributed by atoms with Crippen molar-refractivity contribution in [3.8, 4) is 0 Å². The first-order valence-electron chi connectivity index (χ1n) is 17.2. The SMILES string of the molecule is CCCCCCCCCCCCNC12CC3CC(C1)CC(NCCCCCCCCCCCC)(C3)C2. The van der Waals surface area contributed by atoms with Gasteiger partial charge in [-0.2, -0.15) is 0 Å². The van der Waals surface area contributed by atoms with Crippen LogP contribution in [0, 0.1) is 11.8 Å². The number of rotatable bonds is 24. The summed E-state index contributed by atoms with van der Waals surface area (Å²) in [5.74, 6) is 1.98. The van der Waals surface area contributed by atoms with Crippen molar-refractivity contribution in [3.05, 3.63) is 0 Å². The van der Waals surface area contributed by atoms with E-state index in [9.17, 15) is 0 Å². The third-order valence-electron chi connectivity index (χ3n) is 10.1. The van der Waals surface area contributed by atoms with Crippen molar-refractivity contribution in [1.82, 2.24) is 10.6 Å². The standard InChI is InChI=1S/C34H66N2/c1-3-5-7-9-11-13-15-17-19-21-23-35-33-26-31-25-32(27-33)29-34(28-31,30-33)36-24-22-20-18-16-14-12-10-8-6-4-2/h31-32,35-36H,3-30H2,1-2H3. The monoisotopic (exact) mass is 503 g/mol. The van der Waals surface area contributed by atoms with Crippen LogP contribution in [0.3, 0.4) is 0 Å². The second-order valence-electron chi connectivity index (χ2n) is 13.7. The minimum absolute atomic E-state index is 0.480. The van der Waals surface area contributed by atoms with Gasteiger partial charge in [0.15, 0.2) is 0 Å². The Bertz CT molecular complexity index is 485. The van der Waals surface area contributed by atoms with Gasteiger partial charge in [-0.1, -0.05) is 129 Å². The van der Waals surface area contributed by atoms with Crippen LogP contribution >= 0.6 is 0 Å². The first kappa shape index (κ1) is 30.5. The first-order valence-corrected chi connectivity index (χ1v) is 17.2. The van der Waals surface area contributed by atoms with Gasteiger partial charge in [0.05, 0.1) is 0 Å². The molecule has 0 atom stereocenters. The zero-order chi connectivity index (χ0) is 25.4. The second kappa shape index (κ2) is 17.5. The molecule has 0 aliphatic heterocycles. The quantitative estimate of drug-likeness (QED) is 0.128. The number of nitrogens with one attached hydrogen (secondary N) is 2. The number of unbranched alkanes of at least 4 members (excludes halogenated alkanes) is 18. The average Bonchev–Trinajstić information content (AvgIpc) is 2.85. The number of hydrogen-bond acceptors (Lipinski definition) is 2. The van der Waals surface area contributed by atoms with Gasteiger partial charge < -0.3 is 10.6 Å². The van der Waals surface area contributed by atoms with Crippen molar-refractivity contribution in [2.24, 2.45) is 11.8 Å². The predicted octanol–water partition coefficient (Wildman–Crippen LogP) is 10.1. The molecule has 0 unspecified atom stereocenters. The Hall–Kier alpha value is -0.0800. The van der Waals surface area contributed by atoms with Gasteiger partial charge in [0.1, 0.15) is 0 Å². The minimum atomic E-state index is 0.480. The molecule has 0 spiro atoms. The smallest absolute Gasteiger partial charge is 0.0204 e. The van der Waals surface area contributed by atoms with Crippen LogP contribution < -0.4 is 10.6 Å².